The van der Waals surface area contributed by atoms with Crippen LogP contribution in [0.3, 0.4) is 0 Å². The van der Waals surface area contributed by atoms with Crippen molar-refractivity contribution in [1.82, 2.24) is 10.2 Å². The fraction of sp³-hybridized carbons (Fsp3) is 0.310. The molecule has 0 heterocycles. The third-order valence-electron chi connectivity index (χ3n) is 5.93. The van der Waals surface area contributed by atoms with E-state index in [9.17, 15) is 18.0 Å². The molecule has 0 aliphatic heterocycles. The number of sulfonamides is 1. The van der Waals surface area contributed by atoms with Crippen molar-refractivity contribution in [2.75, 3.05) is 17.1 Å². The number of amides is 2. The van der Waals surface area contributed by atoms with Gasteiger partial charge in [-0.2, -0.15) is 0 Å². The van der Waals surface area contributed by atoms with E-state index in [2.05, 4.69) is 21.2 Å². The van der Waals surface area contributed by atoms with Gasteiger partial charge in [0.05, 0.1) is 11.9 Å². The van der Waals surface area contributed by atoms with Gasteiger partial charge < -0.3 is 10.2 Å². The number of hydrogen-bond acceptors (Lipinski definition) is 4. The summed E-state index contributed by atoms with van der Waals surface area (Å²) in [6.45, 7) is 4.90. The number of nitrogens with zero attached hydrogens (tertiary/aromatic N) is 2. The second-order valence-corrected chi connectivity index (χ2v) is 14.1. The Hall–Kier alpha value is -2.59. The summed E-state index contributed by atoms with van der Waals surface area (Å²) in [4.78, 5) is 29.2. The molecule has 0 aromatic heterocycles. The average Bonchev–Trinajstić information content (AvgIpc) is 2.85. The van der Waals surface area contributed by atoms with Crippen LogP contribution in [0.1, 0.15) is 31.9 Å². The lowest BCUT2D eigenvalue weighted by molar-refractivity contribution is -0.140. The van der Waals surface area contributed by atoms with Crippen molar-refractivity contribution in [2.24, 2.45) is 0 Å². The summed E-state index contributed by atoms with van der Waals surface area (Å²) >= 11 is 16.3. The van der Waals surface area contributed by atoms with Crippen molar-refractivity contribution in [3.8, 4) is 0 Å². The minimum absolute atomic E-state index is 0.109. The number of halogens is 3. The highest BCUT2D eigenvalue weighted by atomic mass is 79.9. The predicted molar refractivity (Wildman–Crippen MR) is 165 cm³/mol. The fourth-order valence-electron chi connectivity index (χ4n) is 4.11. The molecule has 0 aliphatic rings. The van der Waals surface area contributed by atoms with Crippen LogP contribution in [0.25, 0.3) is 0 Å². The van der Waals surface area contributed by atoms with Crippen LogP contribution >= 0.6 is 39.1 Å². The van der Waals surface area contributed by atoms with Gasteiger partial charge in [0.2, 0.25) is 21.8 Å². The molecule has 0 aliphatic carbocycles. The van der Waals surface area contributed by atoms with Crippen molar-refractivity contribution in [3.05, 3.63) is 98.4 Å². The molecule has 0 radical (unpaired) electrons. The van der Waals surface area contributed by atoms with E-state index >= 15 is 0 Å². The lowest BCUT2D eigenvalue weighted by atomic mass is 10.0. The van der Waals surface area contributed by atoms with Crippen LogP contribution in [0.5, 0.6) is 0 Å². The zero-order valence-electron chi connectivity index (χ0n) is 22.7. The Morgan fingerprint density at radius 2 is 1.55 bits per heavy atom. The summed E-state index contributed by atoms with van der Waals surface area (Å²) in [5.74, 6) is -0.979. The molecular formula is C29H32BrCl2N3O4S. The highest BCUT2D eigenvalue weighted by molar-refractivity contribution is 9.10. The maximum Gasteiger partial charge on any atom is 0.244 e. The Kier molecular flexibility index (Phi) is 10.7. The number of anilines is 1. The van der Waals surface area contributed by atoms with Gasteiger partial charge in [-0.1, -0.05) is 81.6 Å². The Morgan fingerprint density at radius 3 is 2.10 bits per heavy atom. The maximum absolute atomic E-state index is 14.1. The Labute approximate surface area is 254 Å². The molecule has 3 rings (SSSR count). The van der Waals surface area contributed by atoms with E-state index < -0.39 is 34.1 Å². The lowest BCUT2D eigenvalue weighted by Crippen LogP contribution is -2.56. The Balaban J connectivity index is 2.12. The third kappa shape index (κ3) is 8.96. The summed E-state index contributed by atoms with van der Waals surface area (Å²) in [5, 5.41) is 3.63. The van der Waals surface area contributed by atoms with Crippen LogP contribution in [0.15, 0.2) is 77.3 Å². The third-order valence-corrected chi connectivity index (χ3v) is 8.28. The maximum atomic E-state index is 14.1. The van der Waals surface area contributed by atoms with Crippen molar-refractivity contribution >= 4 is 66.7 Å². The monoisotopic (exact) mass is 667 g/mol. The highest BCUT2D eigenvalue weighted by Crippen LogP contribution is 2.28. The number of hydrogen-bond donors (Lipinski definition) is 1. The normalized spacial score (nSPS) is 12.5. The first-order chi connectivity index (χ1) is 18.7. The number of benzene rings is 3. The van der Waals surface area contributed by atoms with Gasteiger partial charge in [0, 0.05) is 38.6 Å². The molecule has 0 fully saturated rings. The number of nitrogens with one attached hydrogen (secondary N) is 1. The molecule has 3 aromatic rings. The van der Waals surface area contributed by atoms with E-state index in [1.54, 1.807) is 42.5 Å². The molecule has 0 saturated carbocycles. The quantitative estimate of drug-likeness (QED) is 0.284. The van der Waals surface area contributed by atoms with E-state index in [0.717, 1.165) is 16.1 Å². The summed E-state index contributed by atoms with van der Waals surface area (Å²) in [6.07, 6.45) is 1.22. The molecule has 214 valence electrons. The second-order valence-electron chi connectivity index (χ2n) is 10.4. The summed E-state index contributed by atoms with van der Waals surface area (Å²) in [6, 6.07) is 19.9. The van der Waals surface area contributed by atoms with E-state index in [1.807, 2.05) is 51.1 Å². The molecule has 3 aromatic carbocycles. The Morgan fingerprint density at radius 1 is 0.950 bits per heavy atom. The average molecular weight is 669 g/mol. The van der Waals surface area contributed by atoms with Gasteiger partial charge in [0.25, 0.3) is 0 Å². The highest BCUT2D eigenvalue weighted by Gasteiger charge is 2.35. The molecule has 11 heteroatoms. The molecule has 40 heavy (non-hydrogen) atoms. The smallest absolute Gasteiger partial charge is 0.244 e. The molecule has 7 nitrogen and oxygen atoms in total. The second kappa shape index (κ2) is 13.4. The molecule has 1 atom stereocenters. The van der Waals surface area contributed by atoms with Crippen LogP contribution in [-0.4, -0.2) is 49.5 Å². The van der Waals surface area contributed by atoms with Crippen LogP contribution in [-0.2, 0) is 32.6 Å². The fourth-order valence-corrected chi connectivity index (χ4v) is 5.85. The molecular weight excluding hydrogens is 637 g/mol. The van der Waals surface area contributed by atoms with E-state index in [1.165, 1.54) is 4.90 Å². The molecule has 1 N–H and O–H groups in total. The van der Waals surface area contributed by atoms with Crippen molar-refractivity contribution < 1.29 is 18.0 Å². The minimum Gasteiger partial charge on any atom is -0.350 e. The van der Waals surface area contributed by atoms with Crippen molar-refractivity contribution in [1.29, 1.82) is 0 Å². The number of carbonyl (C=O) groups excluding carboxylic acids is 2. The van der Waals surface area contributed by atoms with Crippen LogP contribution in [0.2, 0.25) is 10.0 Å². The van der Waals surface area contributed by atoms with Gasteiger partial charge in [-0.25, -0.2) is 8.42 Å². The first kappa shape index (κ1) is 31.9. The minimum atomic E-state index is -3.87. The van der Waals surface area contributed by atoms with Crippen molar-refractivity contribution in [3.63, 3.8) is 0 Å². The van der Waals surface area contributed by atoms with Crippen LogP contribution in [0.4, 0.5) is 5.69 Å². The molecule has 0 unspecified atom stereocenters. The Bertz CT molecular complexity index is 1440. The largest absolute Gasteiger partial charge is 0.350 e. The summed E-state index contributed by atoms with van der Waals surface area (Å²) in [7, 11) is -3.87. The van der Waals surface area contributed by atoms with Gasteiger partial charge >= 0.3 is 0 Å². The molecule has 0 spiro atoms. The van der Waals surface area contributed by atoms with Crippen LogP contribution < -0.4 is 9.62 Å². The molecule has 0 saturated heterocycles. The SMILES string of the molecule is CC(C)(C)NC(=O)[C@@H](Cc1ccccc1)N(Cc1c(Cl)cccc1Cl)C(=O)CN(c1cccc(Br)c1)S(C)(=O)=O. The van der Waals surface area contributed by atoms with Gasteiger partial charge in [-0.3, -0.25) is 13.9 Å². The zero-order valence-corrected chi connectivity index (χ0v) is 26.6. The van der Waals surface area contributed by atoms with E-state index in [0.29, 0.717) is 25.8 Å². The molecule has 2 amide bonds. The lowest BCUT2D eigenvalue weighted by Gasteiger charge is -2.35. The van der Waals surface area contributed by atoms with E-state index in [4.69, 9.17) is 23.2 Å². The van der Waals surface area contributed by atoms with Crippen molar-refractivity contribution in [2.45, 2.75) is 45.3 Å². The summed E-state index contributed by atoms with van der Waals surface area (Å²) < 4.78 is 27.4. The topological polar surface area (TPSA) is 86.8 Å². The standard InChI is InChI=1S/C29H32BrCl2N3O4S/c1-29(2,3)33-28(37)26(16-20-10-6-5-7-11-20)34(18-23-24(31)14-9-15-25(23)32)27(36)19-35(40(4,38)39)22-13-8-12-21(30)17-22/h5-15,17,26H,16,18-19H2,1-4H3,(H,33,37)/t26-/m1/s1. The predicted octanol–water partition coefficient (Wildman–Crippen LogP) is 6.08. The van der Waals surface area contributed by atoms with Crippen LogP contribution in [0, 0.1) is 0 Å². The van der Waals surface area contributed by atoms with Gasteiger partial charge in [-0.05, 0) is 56.7 Å². The van der Waals surface area contributed by atoms with Gasteiger partial charge in [0.15, 0.2) is 0 Å². The first-order valence-corrected chi connectivity index (χ1v) is 15.9. The molecule has 0 bridgehead atoms. The summed E-state index contributed by atoms with van der Waals surface area (Å²) in [5.41, 5.74) is 0.998. The number of carbonyl (C=O) groups is 2. The number of rotatable bonds is 10. The van der Waals surface area contributed by atoms with Gasteiger partial charge in [-0.15, -0.1) is 0 Å². The van der Waals surface area contributed by atoms with E-state index in [-0.39, 0.29) is 18.9 Å². The van der Waals surface area contributed by atoms with Gasteiger partial charge in [0.1, 0.15) is 12.6 Å². The first-order valence-electron chi connectivity index (χ1n) is 12.5. The zero-order chi connectivity index (χ0) is 29.7.